The molecule has 0 aliphatic carbocycles. The van der Waals surface area contributed by atoms with Crippen LogP contribution in [0.15, 0.2) is 60.7 Å². The van der Waals surface area contributed by atoms with E-state index in [1.54, 1.807) is 5.06 Å². The van der Waals surface area contributed by atoms with Crippen LogP contribution in [0, 0.1) is 0 Å². The van der Waals surface area contributed by atoms with Crippen molar-refractivity contribution in [3.05, 3.63) is 71.8 Å². The Labute approximate surface area is 175 Å². The third-order valence-corrected chi connectivity index (χ3v) is 2.99. The Bertz CT molecular complexity index is 513. The average molecular weight is 325 g/mol. The van der Waals surface area contributed by atoms with Crippen LogP contribution in [0.1, 0.15) is 19.0 Å². The second-order valence-corrected chi connectivity index (χ2v) is 4.75. The van der Waals surface area contributed by atoms with E-state index in [4.69, 9.17) is 9.94 Å². The second-order valence-electron chi connectivity index (χ2n) is 4.75. The van der Waals surface area contributed by atoms with Gasteiger partial charge in [-0.15, -0.1) is 0 Å². The summed E-state index contributed by atoms with van der Waals surface area (Å²) < 4.78 is 0. The van der Waals surface area contributed by atoms with Gasteiger partial charge in [0.15, 0.2) is 0 Å². The molecule has 0 aliphatic rings. The van der Waals surface area contributed by atoms with Gasteiger partial charge in [-0.2, -0.15) is 5.06 Å². The van der Waals surface area contributed by atoms with Crippen molar-refractivity contribution in [2.45, 2.75) is 19.5 Å². The minimum atomic E-state index is -0.852. The molecule has 0 radical (unpaired) electrons. The molecule has 0 saturated heterocycles. The molecule has 112 valence electrons. The van der Waals surface area contributed by atoms with Crippen molar-refractivity contribution in [3.63, 3.8) is 0 Å². The van der Waals surface area contributed by atoms with Gasteiger partial charge in [-0.3, -0.25) is 9.63 Å². The van der Waals surface area contributed by atoms with Crippen LogP contribution in [0.25, 0.3) is 0 Å². The Kier molecular flexibility index (Phi) is 9.82. The van der Waals surface area contributed by atoms with Gasteiger partial charge in [0.05, 0.1) is 13.0 Å². The first-order valence-corrected chi connectivity index (χ1v) is 6.91. The molecule has 1 N–H and O–H groups in total. The van der Waals surface area contributed by atoms with Crippen LogP contribution in [-0.2, 0) is 22.7 Å². The number of aliphatic carboxylic acids is 1. The van der Waals surface area contributed by atoms with Gasteiger partial charge in [0, 0.05) is 13.1 Å². The molecule has 2 aromatic rings. The van der Waals surface area contributed by atoms with Gasteiger partial charge in [-0.1, -0.05) is 60.7 Å². The van der Waals surface area contributed by atoms with Gasteiger partial charge in [-0.05, 0) is 11.1 Å². The topological polar surface area (TPSA) is 49.8 Å². The van der Waals surface area contributed by atoms with E-state index in [1.165, 1.54) is 0 Å². The first-order chi connectivity index (χ1) is 10.2. The van der Waals surface area contributed by atoms with Crippen molar-refractivity contribution in [3.8, 4) is 0 Å². The van der Waals surface area contributed by atoms with Crippen molar-refractivity contribution in [1.82, 2.24) is 5.06 Å². The summed E-state index contributed by atoms with van der Waals surface area (Å²) in [6.07, 6.45) is 0.0000787. The Morgan fingerprint density at radius 2 is 1.41 bits per heavy atom. The smallest absolute Gasteiger partial charge is 1.00 e. The van der Waals surface area contributed by atoms with Gasteiger partial charge >= 0.3 is 57.4 Å². The summed E-state index contributed by atoms with van der Waals surface area (Å²) in [5, 5.41) is 10.5. The molecule has 2 rings (SSSR count). The fraction of sp³-hybridized carbons (Fsp3) is 0.235. The maximum absolute atomic E-state index is 10.6. The summed E-state index contributed by atoms with van der Waals surface area (Å²) in [6, 6.07) is 20.0. The number of carbonyl (C=O) groups is 1. The van der Waals surface area contributed by atoms with Crippen molar-refractivity contribution >= 4 is 5.97 Å². The molecule has 0 spiro atoms. The number of carboxylic acids is 1. The number of hydrogen-bond acceptors (Lipinski definition) is 3. The summed E-state index contributed by atoms with van der Waals surface area (Å²) >= 11 is 0. The molecular weight excluding hydrogens is 305 g/mol. The molecule has 0 amide bonds. The van der Waals surface area contributed by atoms with Crippen LogP contribution < -0.4 is 51.4 Å². The zero-order valence-corrected chi connectivity index (χ0v) is 15.9. The summed E-state index contributed by atoms with van der Waals surface area (Å²) in [4.78, 5) is 16.2. The molecule has 5 heteroatoms. The van der Waals surface area contributed by atoms with Crippen molar-refractivity contribution in [1.29, 1.82) is 0 Å². The Morgan fingerprint density at radius 1 is 0.955 bits per heavy atom. The standard InChI is InChI=1S/C17H19NO3.K.H/c19-17(20)11-12-21-18(13-15-7-3-1-4-8-15)14-16-9-5-2-6-10-16;;/h1-10H,11-14H2,(H,19,20);;/q;+1;-1. The van der Waals surface area contributed by atoms with E-state index in [2.05, 4.69) is 0 Å². The summed E-state index contributed by atoms with van der Waals surface area (Å²) in [7, 11) is 0. The van der Waals surface area contributed by atoms with E-state index in [0.29, 0.717) is 13.1 Å². The fourth-order valence-corrected chi connectivity index (χ4v) is 1.98. The maximum atomic E-state index is 10.6. The van der Waals surface area contributed by atoms with Crippen LogP contribution >= 0.6 is 0 Å². The third kappa shape index (κ3) is 7.65. The summed E-state index contributed by atoms with van der Waals surface area (Å²) in [6.45, 7) is 1.42. The zero-order chi connectivity index (χ0) is 14.9. The third-order valence-electron chi connectivity index (χ3n) is 2.99. The molecule has 0 aliphatic heterocycles. The monoisotopic (exact) mass is 325 g/mol. The van der Waals surface area contributed by atoms with E-state index < -0.39 is 5.97 Å². The van der Waals surface area contributed by atoms with Crippen LogP contribution in [0.2, 0.25) is 0 Å². The van der Waals surface area contributed by atoms with E-state index in [-0.39, 0.29) is 65.8 Å². The molecule has 0 aromatic heterocycles. The van der Waals surface area contributed by atoms with Gasteiger partial charge < -0.3 is 6.53 Å². The Morgan fingerprint density at radius 3 is 1.82 bits per heavy atom. The minimum absolute atomic E-state index is 0. The van der Waals surface area contributed by atoms with Crippen LogP contribution in [0.3, 0.4) is 0 Å². The number of hydrogen-bond donors (Lipinski definition) is 1. The molecule has 0 fully saturated rings. The Balaban J connectivity index is 0.00000242. The molecule has 0 unspecified atom stereocenters. The molecule has 2 aromatic carbocycles. The van der Waals surface area contributed by atoms with Gasteiger partial charge in [0.25, 0.3) is 0 Å². The number of nitrogens with zero attached hydrogens (tertiary/aromatic N) is 1. The quantitative estimate of drug-likeness (QED) is 0.557. The second kappa shape index (κ2) is 11.1. The van der Waals surface area contributed by atoms with Crippen molar-refractivity contribution < 1.29 is 67.5 Å². The number of benzene rings is 2. The molecule has 0 saturated carbocycles. The molecule has 0 bridgehead atoms. The van der Waals surface area contributed by atoms with Gasteiger partial charge in [0.2, 0.25) is 0 Å². The number of rotatable bonds is 8. The van der Waals surface area contributed by atoms with Gasteiger partial charge in [0.1, 0.15) is 0 Å². The fourth-order valence-electron chi connectivity index (χ4n) is 1.98. The number of hydroxylamine groups is 2. The summed E-state index contributed by atoms with van der Waals surface area (Å²) in [5.41, 5.74) is 2.26. The van der Waals surface area contributed by atoms with Gasteiger partial charge in [-0.25, -0.2) is 0 Å². The van der Waals surface area contributed by atoms with Crippen LogP contribution in [-0.4, -0.2) is 22.7 Å². The normalized spacial score (nSPS) is 10.2. The zero-order valence-electron chi connectivity index (χ0n) is 13.8. The molecule has 22 heavy (non-hydrogen) atoms. The van der Waals surface area contributed by atoms with Crippen LogP contribution in [0.5, 0.6) is 0 Å². The maximum Gasteiger partial charge on any atom is 1.00 e. The molecule has 0 heterocycles. The Hall–Kier alpha value is -0.534. The van der Waals surface area contributed by atoms with E-state index in [9.17, 15) is 4.79 Å². The predicted molar refractivity (Wildman–Crippen MR) is 81.4 cm³/mol. The predicted octanol–water partition coefficient (Wildman–Crippen LogP) is 0.212. The summed E-state index contributed by atoms with van der Waals surface area (Å²) in [5.74, 6) is -0.852. The van der Waals surface area contributed by atoms with E-state index in [0.717, 1.165) is 11.1 Å². The number of carboxylic acid groups (broad SMARTS) is 1. The van der Waals surface area contributed by atoms with Crippen molar-refractivity contribution in [2.75, 3.05) is 6.61 Å². The molecular formula is C17H20KNO3. The first kappa shape index (κ1) is 19.5. The largest absolute Gasteiger partial charge is 1.00 e. The van der Waals surface area contributed by atoms with E-state index >= 15 is 0 Å². The SMILES string of the molecule is O=C(O)CCON(Cc1ccccc1)Cc1ccccc1.[H-].[K+]. The first-order valence-electron chi connectivity index (χ1n) is 6.91. The molecule has 0 atom stereocenters. The molecule has 4 nitrogen and oxygen atoms in total. The average Bonchev–Trinajstić information content (AvgIpc) is 2.49. The minimum Gasteiger partial charge on any atom is -1.00 e. The van der Waals surface area contributed by atoms with E-state index in [1.807, 2.05) is 60.7 Å². The van der Waals surface area contributed by atoms with Crippen molar-refractivity contribution in [2.24, 2.45) is 0 Å². The van der Waals surface area contributed by atoms with Crippen LogP contribution in [0.4, 0.5) is 0 Å².